The Morgan fingerprint density at radius 1 is 1.71 bits per heavy atom. The SMILES string of the molecule is CCNC(=O)C=Cc1c[c]c(F)cc1C(N)=S. The molecule has 0 aliphatic carbocycles. The second-order valence-electron chi connectivity index (χ2n) is 3.24. The first-order chi connectivity index (χ1) is 8.04. The highest BCUT2D eigenvalue weighted by Gasteiger charge is 2.05. The van der Waals surface area contributed by atoms with Crippen molar-refractivity contribution < 1.29 is 9.18 Å². The summed E-state index contributed by atoms with van der Waals surface area (Å²) >= 11 is 4.80. The molecule has 89 valence electrons. The maximum Gasteiger partial charge on any atom is 0.243 e. The monoisotopic (exact) mass is 251 g/mol. The van der Waals surface area contributed by atoms with Gasteiger partial charge in [0.2, 0.25) is 5.91 Å². The number of hydrogen-bond acceptors (Lipinski definition) is 2. The third-order valence-corrected chi connectivity index (χ3v) is 2.20. The first kappa shape index (κ1) is 13.3. The zero-order valence-corrected chi connectivity index (χ0v) is 10.1. The standard InChI is InChI=1S/C12H12FN2OS/c1-2-15-11(16)6-4-8-3-5-9(13)7-10(8)12(14)17/h3-4,6-7H,2H2,1H3,(H2,14,17)(H,15,16). The quantitative estimate of drug-likeness (QED) is 0.628. The molecule has 0 saturated heterocycles. The van der Waals surface area contributed by atoms with Crippen LogP contribution in [-0.2, 0) is 4.79 Å². The summed E-state index contributed by atoms with van der Waals surface area (Å²) in [5.41, 5.74) is 6.41. The maximum atomic E-state index is 13.0. The molecule has 0 unspecified atom stereocenters. The fraction of sp³-hybridized carbons (Fsp3) is 0.167. The minimum atomic E-state index is -0.539. The van der Waals surface area contributed by atoms with Crippen LogP contribution in [0.4, 0.5) is 4.39 Å². The largest absolute Gasteiger partial charge is 0.389 e. The lowest BCUT2D eigenvalue weighted by Gasteiger charge is -2.03. The van der Waals surface area contributed by atoms with Gasteiger partial charge in [0.1, 0.15) is 10.8 Å². The highest BCUT2D eigenvalue weighted by Crippen LogP contribution is 2.12. The molecule has 1 amide bonds. The molecule has 0 atom stereocenters. The van der Waals surface area contributed by atoms with Crippen molar-refractivity contribution in [3.8, 4) is 0 Å². The van der Waals surface area contributed by atoms with Crippen molar-refractivity contribution >= 4 is 29.2 Å². The van der Waals surface area contributed by atoms with E-state index in [0.29, 0.717) is 17.7 Å². The molecule has 3 nitrogen and oxygen atoms in total. The van der Waals surface area contributed by atoms with E-state index in [9.17, 15) is 9.18 Å². The highest BCUT2D eigenvalue weighted by atomic mass is 32.1. The van der Waals surface area contributed by atoms with Crippen molar-refractivity contribution in [1.29, 1.82) is 0 Å². The van der Waals surface area contributed by atoms with Crippen molar-refractivity contribution in [2.24, 2.45) is 5.73 Å². The average molecular weight is 251 g/mol. The van der Waals surface area contributed by atoms with E-state index in [4.69, 9.17) is 18.0 Å². The summed E-state index contributed by atoms with van der Waals surface area (Å²) in [6.45, 7) is 2.36. The number of rotatable bonds is 4. The van der Waals surface area contributed by atoms with Crippen molar-refractivity contribution in [3.05, 3.63) is 41.2 Å². The molecule has 0 spiro atoms. The van der Waals surface area contributed by atoms with Gasteiger partial charge in [-0.1, -0.05) is 12.2 Å². The molecule has 17 heavy (non-hydrogen) atoms. The van der Waals surface area contributed by atoms with Gasteiger partial charge in [-0.05, 0) is 30.7 Å². The van der Waals surface area contributed by atoms with Crippen LogP contribution in [0.3, 0.4) is 0 Å². The van der Waals surface area contributed by atoms with Crippen LogP contribution in [0.5, 0.6) is 0 Å². The summed E-state index contributed by atoms with van der Waals surface area (Å²) in [7, 11) is 0. The molecular formula is C12H12FN2OS. The molecule has 0 saturated carbocycles. The van der Waals surface area contributed by atoms with E-state index in [1.165, 1.54) is 24.3 Å². The molecule has 1 radical (unpaired) electrons. The fourth-order valence-electron chi connectivity index (χ4n) is 1.23. The highest BCUT2D eigenvalue weighted by molar-refractivity contribution is 7.80. The maximum absolute atomic E-state index is 13.0. The van der Waals surface area contributed by atoms with Crippen molar-refractivity contribution in [2.75, 3.05) is 6.54 Å². The smallest absolute Gasteiger partial charge is 0.243 e. The Bertz CT molecular complexity index is 472. The predicted octanol–water partition coefficient (Wildman–Crippen LogP) is 1.41. The van der Waals surface area contributed by atoms with E-state index in [0.717, 1.165) is 0 Å². The fourth-order valence-corrected chi connectivity index (χ4v) is 1.40. The number of hydrogen-bond donors (Lipinski definition) is 2. The van der Waals surface area contributed by atoms with Gasteiger partial charge in [0, 0.05) is 24.3 Å². The van der Waals surface area contributed by atoms with Gasteiger partial charge in [-0.15, -0.1) is 0 Å². The number of likely N-dealkylation sites (N-methyl/N-ethyl adjacent to an activating group) is 1. The predicted molar refractivity (Wildman–Crippen MR) is 68.8 cm³/mol. The minimum absolute atomic E-state index is 0.0773. The number of halogens is 1. The molecule has 1 aromatic carbocycles. The van der Waals surface area contributed by atoms with Gasteiger partial charge in [0.25, 0.3) is 0 Å². The van der Waals surface area contributed by atoms with Crippen LogP contribution in [-0.4, -0.2) is 17.4 Å². The summed E-state index contributed by atoms with van der Waals surface area (Å²) in [6.07, 6.45) is 2.86. The van der Waals surface area contributed by atoms with Crippen LogP contribution in [0, 0.1) is 11.9 Å². The number of nitrogens with two attached hydrogens (primary N) is 1. The first-order valence-corrected chi connectivity index (χ1v) is 5.42. The number of carbonyl (C=O) groups excluding carboxylic acids is 1. The van der Waals surface area contributed by atoms with Crippen LogP contribution >= 0.6 is 12.2 Å². The van der Waals surface area contributed by atoms with Crippen LogP contribution in [0.15, 0.2) is 18.2 Å². The van der Waals surface area contributed by atoms with Gasteiger partial charge in [-0.25, -0.2) is 4.39 Å². The molecule has 0 bridgehead atoms. The van der Waals surface area contributed by atoms with Crippen molar-refractivity contribution in [2.45, 2.75) is 6.92 Å². The molecule has 3 N–H and O–H groups in total. The molecule has 5 heteroatoms. The summed E-state index contributed by atoms with van der Waals surface area (Å²) in [6, 6.07) is 4.98. The first-order valence-electron chi connectivity index (χ1n) is 5.01. The number of thiocarbonyl (C=S) groups is 1. The van der Waals surface area contributed by atoms with E-state index >= 15 is 0 Å². The zero-order valence-electron chi connectivity index (χ0n) is 9.29. The topological polar surface area (TPSA) is 55.1 Å². The lowest BCUT2D eigenvalue weighted by Crippen LogP contribution is -2.19. The van der Waals surface area contributed by atoms with E-state index in [2.05, 4.69) is 11.4 Å². The van der Waals surface area contributed by atoms with Gasteiger partial charge in [-0.2, -0.15) is 0 Å². The Kier molecular flexibility index (Phi) is 4.78. The Morgan fingerprint density at radius 2 is 2.41 bits per heavy atom. The second kappa shape index (κ2) is 6.10. The average Bonchev–Trinajstić information content (AvgIpc) is 2.27. The van der Waals surface area contributed by atoms with E-state index in [-0.39, 0.29) is 10.9 Å². The lowest BCUT2D eigenvalue weighted by molar-refractivity contribution is -0.116. The van der Waals surface area contributed by atoms with Crippen LogP contribution < -0.4 is 11.1 Å². The van der Waals surface area contributed by atoms with Crippen LogP contribution in [0.25, 0.3) is 6.08 Å². The number of carbonyl (C=O) groups is 1. The van der Waals surface area contributed by atoms with E-state index < -0.39 is 5.82 Å². The summed E-state index contributed by atoms with van der Waals surface area (Å²) in [5.74, 6) is -0.770. The van der Waals surface area contributed by atoms with Gasteiger partial charge >= 0.3 is 0 Å². The zero-order chi connectivity index (χ0) is 12.8. The van der Waals surface area contributed by atoms with E-state index in [1.807, 2.05) is 6.92 Å². The van der Waals surface area contributed by atoms with Gasteiger partial charge in [0.05, 0.1) is 0 Å². The molecular weight excluding hydrogens is 239 g/mol. The van der Waals surface area contributed by atoms with Crippen molar-refractivity contribution in [1.82, 2.24) is 5.32 Å². The molecule has 0 aliphatic heterocycles. The van der Waals surface area contributed by atoms with Crippen LogP contribution in [0.2, 0.25) is 0 Å². The Morgan fingerprint density at radius 3 is 3.00 bits per heavy atom. The van der Waals surface area contributed by atoms with Crippen molar-refractivity contribution in [3.63, 3.8) is 0 Å². The number of amides is 1. The molecule has 0 aromatic heterocycles. The summed E-state index contributed by atoms with van der Waals surface area (Å²) in [4.78, 5) is 11.3. The molecule has 0 aliphatic rings. The Labute approximate surface area is 105 Å². The number of benzene rings is 1. The molecule has 0 fully saturated rings. The molecule has 1 rings (SSSR count). The summed E-state index contributed by atoms with van der Waals surface area (Å²) in [5, 5.41) is 2.60. The van der Waals surface area contributed by atoms with Gasteiger partial charge in [0.15, 0.2) is 0 Å². The normalized spacial score (nSPS) is 10.5. The van der Waals surface area contributed by atoms with Gasteiger partial charge in [-0.3, -0.25) is 4.79 Å². The number of nitrogens with one attached hydrogen (secondary N) is 1. The Balaban J connectivity index is 2.98. The third-order valence-electron chi connectivity index (χ3n) is 1.98. The summed E-state index contributed by atoms with van der Waals surface area (Å²) < 4.78 is 13.0. The van der Waals surface area contributed by atoms with Crippen LogP contribution in [0.1, 0.15) is 18.1 Å². The van der Waals surface area contributed by atoms with E-state index in [1.54, 1.807) is 0 Å². The third kappa shape index (κ3) is 3.96. The Hall–Kier alpha value is -1.75. The minimum Gasteiger partial charge on any atom is -0.389 e. The molecule has 1 aromatic rings. The lowest BCUT2D eigenvalue weighted by atomic mass is 10.1. The van der Waals surface area contributed by atoms with Gasteiger partial charge < -0.3 is 11.1 Å². The second-order valence-corrected chi connectivity index (χ2v) is 3.68. The molecule has 0 heterocycles.